The number of methoxy groups -OCH3 is 1. The second kappa shape index (κ2) is 9.76. The number of rotatable bonds is 7. The van der Waals surface area contributed by atoms with Gasteiger partial charge in [0, 0.05) is 22.7 Å². The fourth-order valence-electron chi connectivity index (χ4n) is 2.77. The van der Waals surface area contributed by atoms with Gasteiger partial charge in [-0.25, -0.2) is 4.79 Å². The summed E-state index contributed by atoms with van der Waals surface area (Å²) in [4.78, 5) is 25.0. The van der Waals surface area contributed by atoms with Gasteiger partial charge in [-0.15, -0.1) is 11.3 Å². The molecule has 0 fully saturated rings. The Morgan fingerprint density at radius 1 is 1.10 bits per heavy atom. The molecule has 1 aromatic heterocycles. The van der Waals surface area contributed by atoms with Crippen LogP contribution in [-0.4, -0.2) is 25.6 Å². The molecule has 2 aromatic carbocycles. The van der Waals surface area contributed by atoms with Gasteiger partial charge in [-0.05, 0) is 48.4 Å². The van der Waals surface area contributed by atoms with Crippen LogP contribution in [0.4, 0.5) is 10.7 Å². The van der Waals surface area contributed by atoms with E-state index in [4.69, 9.17) is 15.2 Å². The fraction of sp³-hybridized carbons (Fsp3) is 0.130. The molecular weight excluding hydrogens is 400 g/mol. The second-order valence-electron chi connectivity index (χ2n) is 6.29. The number of ether oxygens (including phenoxy) is 2. The summed E-state index contributed by atoms with van der Waals surface area (Å²) in [6.07, 6.45) is 3.09. The average molecular weight is 423 g/mol. The van der Waals surface area contributed by atoms with E-state index in [2.05, 4.69) is 5.32 Å². The number of nitrogens with two attached hydrogens (primary N) is 1. The van der Waals surface area contributed by atoms with Gasteiger partial charge in [-0.2, -0.15) is 0 Å². The summed E-state index contributed by atoms with van der Waals surface area (Å²) in [5.41, 5.74) is 9.02. The summed E-state index contributed by atoms with van der Waals surface area (Å²) in [6, 6.07) is 14.5. The summed E-state index contributed by atoms with van der Waals surface area (Å²) >= 11 is 1.27. The van der Waals surface area contributed by atoms with Crippen molar-refractivity contribution in [3.8, 4) is 16.9 Å². The van der Waals surface area contributed by atoms with Crippen molar-refractivity contribution in [2.24, 2.45) is 0 Å². The fourth-order valence-corrected chi connectivity index (χ4v) is 3.73. The van der Waals surface area contributed by atoms with E-state index >= 15 is 0 Å². The van der Waals surface area contributed by atoms with Crippen LogP contribution in [-0.2, 0) is 9.53 Å². The highest BCUT2D eigenvalue weighted by Gasteiger charge is 2.22. The topological polar surface area (TPSA) is 90.6 Å². The van der Waals surface area contributed by atoms with Crippen molar-refractivity contribution < 1.29 is 19.1 Å². The predicted molar refractivity (Wildman–Crippen MR) is 121 cm³/mol. The molecule has 0 radical (unpaired) electrons. The van der Waals surface area contributed by atoms with Crippen molar-refractivity contribution in [3.05, 3.63) is 71.1 Å². The van der Waals surface area contributed by atoms with Gasteiger partial charge in [0.25, 0.3) is 0 Å². The maximum absolute atomic E-state index is 12.6. The first-order chi connectivity index (χ1) is 14.5. The van der Waals surface area contributed by atoms with Crippen molar-refractivity contribution in [1.82, 2.24) is 0 Å². The first-order valence-electron chi connectivity index (χ1n) is 9.29. The molecule has 1 amide bonds. The van der Waals surface area contributed by atoms with Crippen molar-refractivity contribution >= 4 is 40.0 Å². The number of benzene rings is 2. The zero-order valence-corrected chi connectivity index (χ0v) is 17.5. The zero-order chi connectivity index (χ0) is 21.5. The number of thiophene rings is 1. The Morgan fingerprint density at radius 3 is 2.43 bits per heavy atom. The van der Waals surface area contributed by atoms with Crippen LogP contribution >= 0.6 is 11.3 Å². The second-order valence-corrected chi connectivity index (χ2v) is 7.17. The highest BCUT2D eigenvalue weighted by molar-refractivity contribution is 7.15. The van der Waals surface area contributed by atoms with Gasteiger partial charge in [0.05, 0.1) is 13.7 Å². The van der Waals surface area contributed by atoms with Crippen molar-refractivity contribution in [1.29, 1.82) is 0 Å². The Hall–Kier alpha value is -3.58. The molecule has 0 saturated carbocycles. The molecule has 0 aliphatic carbocycles. The number of nitrogen functional groups attached to an aromatic ring is 1. The third-order valence-corrected chi connectivity index (χ3v) is 5.17. The van der Waals surface area contributed by atoms with E-state index in [1.165, 1.54) is 17.4 Å². The molecule has 3 rings (SSSR count). The molecule has 0 aliphatic heterocycles. The van der Waals surface area contributed by atoms with E-state index in [0.717, 1.165) is 11.1 Å². The van der Waals surface area contributed by atoms with Gasteiger partial charge < -0.3 is 20.5 Å². The van der Waals surface area contributed by atoms with Crippen LogP contribution in [0.3, 0.4) is 0 Å². The van der Waals surface area contributed by atoms with Crippen LogP contribution in [0.5, 0.6) is 5.75 Å². The van der Waals surface area contributed by atoms with E-state index in [-0.39, 0.29) is 12.5 Å². The highest BCUT2D eigenvalue weighted by atomic mass is 32.1. The molecule has 30 heavy (non-hydrogen) atoms. The quantitative estimate of drug-likeness (QED) is 0.323. The number of amides is 1. The molecule has 0 spiro atoms. The molecule has 7 heteroatoms. The lowest BCUT2D eigenvalue weighted by Gasteiger charge is -2.08. The number of esters is 1. The largest absolute Gasteiger partial charge is 0.497 e. The summed E-state index contributed by atoms with van der Waals surface area (Å²) in [5.74, 6) is -0.115. The minimum Gasteiger partial charge on any atom is -0.497 e. The highest BCUT2D eigenvalue weighted by Crippen LogP contribution is 2.36. The van der Waals surface area contributed by atoms with Crippen LogP contribution in [0.2, 0.25) is 0 Å². The maximum Gasteiger partial charge on any atom is 0.341 e. The Kier molecular flexibility index (Phi) is 6.87. The predicted octanol–water partition coefficient (Wildman–Crippen LogP) is 4.83. The van der Waals surface area contributed by atoms with Crippen LogP contribution in [0.1, 0.15) is 22.8 Å². The number of anilines is 2. The van der Waals surface area contributed by atoms with Crippen molar-refractivity contribution in [3.63, 3.8) is 0 Å². The number of carbonyl (C=O) groups is 2. The number of hydrogen-bond donors (Lipinski definition) is 2. The monoisotopic (exact) mass is 422 g/mol. The number of hydrogen-bond acceptors (Lipinski definition) is 6. The molecule has 0 aliphatic rings. The lowest BCUT2D eigenvalue weighted by atomic mass is 10.0. The summed E-state index contributed by atoms with van der Waals surface area (Å²) < 4.78 is 10.4. The molecule has 3 aromatic rings. The molecule has 0 bridgehead atoms. The average Bonchev–Trinajstić information content (AvgIpc) is 3.17. The van der Waals surface area contributed by atoms with Gasteiger partial charge in [0.1, 0.15) is 16.3 Å². The minimum atomic E-state index is -0.484. The smallest absolute Gasteiger partial charge is 0.341 e. The lowest BCUT2D eigenvalue weighted by molar-refractivity contribution is -0.111. The van der Waals surface area contributed by atoms with Crippen molar-refractivity contribution in [2.45, 2.75) is 6.92 Å². The Balaban J connectivity index is 1.86. The first-order valence-corrected chi connectivity index (χ1v) is 10.2. The van der Waals surface area contributed by atoms with Gasteiger partial charge in [-0.3, -0.25) is 4.79 Å². The SMILES string of the molecule is CCOC(=O)c1c(-c2ccc(OC)cc2)csc1NC(=O)/C=C/c1ccc(N)cc1. The van der Waals surface area contributed by atoms with Crippen LogP contribution < -0.4 is 15.8 Å². The molecular formula is C23H22N2O4S. The molecule has 0 unspecified atom stereocenters. The molecule has 0 saturated heterocycles. The molecule has 6 nitrogen and oxygen atoms in total. The lowest BCUT2D eigenvalue weighted by Crippen LogP contribution is -2.12. The molecule has 1 heterocycles. The molecule has 3 N–H and O–H groups in total. The summed E-state index contributed by atoms with van der Waals surface area (Å²) in [7, 11) is 1.59. The Labute approximate surface area is 178 Å². The Morgan fingerprint density at radius 2 is 1.80 bits per heavy atom. The van der Waals surface area contributed by atoms with E-state index < -0.39 is 5.97 Å². The first kappa shape index (κ1) is 21.1. The van der Waals surface area contributed by atoms with E-state index in [1.807, 2.05) is 41.8 Å². The normalized spacial score (nSPS) is 10.7. The van der Waals surface area contributed by atoms with Crippen LogP contribution in [0.15, 0.2) is 60.0 Å². The van der Waals surface area contributed by atoms with E-state index in [9.17, 15) is 9.59 Å². The standard InChI is InChI=1S/C23H22N2O4S/c1-3-29-23(27)21-19(16-7-11-18(28-2)12-8-16)14-30-22(21)25-20(26)13-6-15-4-9-17(24)10-5-15/h4-14H,3,24H2,1-2H3,(H,25,26)/b13-6+. The number of nitrogens with one attached hydrogen (secondary N) is 1. The minimum absolute atomic E-state index is 0.237. The van der Waals surface area contributed by atoms with Crippen molar-refractivity contribution in [2.75, 3.05) is 24.8 Å². The number of carbonyl (C=O) groups excluding carboxylic acids is 2. The van der Waals surface area contributed by atoms with Gasteiger partial charge in [-0.1, -0.05) is 24.3 Å². The Bertz CT molecular complexity index is 1050. The van der Waals surface area contributed by atoms with Gasteiger partial charge in [0.15, 0.2) is 0 Å². The third-order valence-electron chi connectivity index (χ3n) is 4.27. The van der Waals surface area contributed by atoms with Crippen LogP contribution in [0, 0.1) is 0 Å². The maximum atomic E-state index is 12.6. The van der Waals surface area contributed by atoms with Gasteiger partial charge in [0.2, 0.25) is 5.91 Å². The molecule has 154 valence electrons. The molecule has 0 atom stereocenters. The van der Waals surface area contributed by atoms with E-state index in [0.29, 0.717) is 27.6 Å². The summed E-state index contributed by atoms with van der Waals surface area (Å²) in [5, 5.41) is 5.05. The van der Waals surface area contributed by atoms with E-state index in [1.54, 1.807) is 32.2 Å². The van der Waals surface area contributed by atoms with Crippen LogP contribution in [0.25, 0.3) is 17.2 Å². The third kappa shape index (κ3) is 5.07. The van der Waals surface area contributed by atoms with Gasteiger partial charge >= 0.3 is 5.97 Å². The zero-order valence-electron chi connectivity index (χ0n) is 16.7. The summed E-state index contributed by atoms with van der Waals surface area (Å²) in [6.45, 7) is 1.98.